The first-order chi connectivity index (χ1) is 11.4. The van der Waals surface area contributed by atoms with Crippen molar-refractivity contribution in [2.75, 3.05) is 25.5 Å². The van der Waals surface area contributed by atoms with Crippen molar-refractivity contribution in [3.8, 4) is 5.75 Å². The molecule has 0 radical (unpaired) electrons. The van der Waals surface area contributed by atoms with Gasteiger partial charge in [-0.3, -0.25) is 9.88 Å². The molecule has 2 aromatic rings. The predicted octanol–water partition coefficient (Wildman–Crippen LogP) is 5.25. The normalized spacial score (nSPS) is 12.0. The van der Waals surface area contributed by atoms with E-state index in [0.717, 1.165) is 35.4 Å². The molecule has 26 heavy (non-hydrogen) atoms. The third kappa shape index (κ3) is 6.82. The molecule has 1 aromatic heterocycles. The van der Waals surface area contributed by atoms with Crippen molar-refractivity contribution in [2.45, 2.75) is 46.7 Å². The number of aromatic nitrogens is 1. The molecular formula is C20H33Cl2N3O. The monoisotopic (exact) mass is 401 g/mol. The van der Waals surface area contributed by atoms with Gasteiger partial charge in [0.05, 0.1) is 18.3 Å². The summed E-state index contributed by atoms with van der Waals surface area (Å²) in [5, 5.41) is 4.73. The van der Waals surface area contributed by atoms with Crippen LogP contribution in [0.1, 0.15) is 34.6 Å². The predicted molar refractivity (Wildman–Crippen MR) is 117 cm³/mol. The molecule has 0 saturated heterocycles. The lowest BCUT2D eigenvalue weighted by Gasteiger charge is -2.31. The summed E-state index contributed by atoms with van der Waals surface area (Å²) in [5.74, 6) is 1.52. The Morgan fingerprint density at radius 2 is 1.77 bits per heavy atom. The van der Waals surface area contributed by atoms with Crippen molar-refractivity contribution in [1.29, 1.82) is 0 Å². The van der Waals surface area contributed by atoms with Crippen LogP contribution in [-0.2, 0) is 0 Å². The van der Waals surface area contributed by atoms with Crippen LogP contribution in [0.15, 0.2) is 30.5 Å². The maximum atomic E-state index is 5.44. The molecular weight excluding hydrogens is 369 g/mol. The van der Waals surface area contributed by atoms with Crippen LogP contribution in [0, 0.1) is 5.92 Å². The van der Waals surface area contributed by atoms with Gasteiger partial charge >= 0.3 is 0 Å². The van der Waals surface area contributed by atoms with Gasteiger partial charge < -0.3 is 10.1 Å². The second-order valence-electron chi connectivity index (χ2n) is 7.24. The SMILES string of the molecule is COc1cc(NC(C)CN(CC(C)C)C(C)C)c2ncccc2c1.Cl.Cl. The van der Waals surface area contributed by atoms with Crippen molar-refractivity contribution in [3.63, 3.8) is 0 Å². The lowest BCUT2D eigenvalue weighted by Crippen LogP contribution is -2.41. The summed E-state index contributed by atoms with van der Waals surface area (Å²) in [5.41, 5.74) is 2.02. The van der Waals surface area contributed by atoms with E-state index in [9.17, 15) is 0 Å². The van der Waals surface area contributed by atoms with Crippen LogP contribution < -0.4 is 10.1 Å². The minimum atomic E-state index is 0. The van der Waals surface area contributed by atoms with Crippen LogP contribution in [0.25, 0.3) is 10.9 Å². The molecule has 0 spiro atoms. The minimum absolute atomic E-state index is 0. The van der Waals surface area contributed by atoms with E-state index in [0.29, 0.717) is 18.0 Å². The zero-order valence-electron chi connectivity index (χ0n) is 16.7. The number of hydrogen-bond donors (Lipinski definition) is 1. The molecule has 0 aliphatic rings. The molecule has 1 heterocycles. The van der Waals surface area contributed by atoms with Crippen LogP contribution in [0.4, 0.5) is 5.69 Å². The number of methoxy groups -OCH3 is 1. The molecule has 1 N–H and O–H groups in total. The summed E-state index contributed by atoms with van der Waals surface area (Å²) in [6.07, 6.45) is 1.84. The van der Waals surface area contributed by atoms with Gasteiger partial charge in [0.25, 0.3) is 0 Å². The molecule has 6 heteroatoms. The highest BCUT2D eigenvalue weighted by Crippen LogP contribution is 2.28. The quantitative estimate of drug-likeness (QED) is 0.654. The van der Waals surface area contributed by atoms with Crippen LogP contribution >= 0.6 is 24.8 Å². The molecule has 148 valence electrons. The van der Waals surface area contributed by atoms with Gasteiger partial charge in [0.15, 0.2) is 0 Å². The topological polar surface area (TPSA) is 37.4 Å². The van der Waals surface area contributed by atoms with Crippen molar-refractivity contribution in [1.82, 2.24) is 9.88 Å². The van der Waals surface area contributed by atoms with Crippen LogP contribution in [-0.4, -0.2) is 42.2 Å². The van der Waals surface area contributed by atoms with Gasteiger partial charge in [0.1, 0.15) is 5.75 Å². The molecule has 4 nitrogen and oxygen atoms in total. The first-order valence-corrected chi connectivity index (χ1v) is 8.84. The van der Waals surface area contributed by atoms with Crippen LogP contribution in [0.3, 0.4) is 0 Å². The number of nitrogens with zero attached hydrogens (tertiary/aromatic N) is 2. The summed E-state index contributed by atoms with van der Waals surface area (Å²) < 4.78 is 5.44. The molecule has 0 amide bonds. The van der Waals surface area contributed by atoms with Crippen molar-refractivity contribution in [2.24, 2.45) is 5.92 Å². The van der Waals surface area contributed by atoms with E-state index in [1.54, 1.807) is 7.11 Å². The smallest absolute Gasteiger partial charge is 0.121 e. The number of benzene rings is 1. The molecule has 0 aliphatic heterocycles. The second kappa shape index (κ2) is 11.5. The van der Waals surface area contributed by atoms with Gasteiger partial charge in [0, 0.05) is 42.8 Å². The Bertz CT molecular complexity index is 665. The summed E-state index contributed by atoms with van der Waals surface area (Å²) in [6.45, 7) is 13.4. The van der Waals surface area contributed by atoms with Gasteiger partial charge in [-0.05, 0) is 38.8 Å². The molecule has 2 rings (SSSR count). The van der Waals surface area contributed by atoms with Gasteiger partial charge in [-0.15, -0.1) is 24.8 Å². The second-order valence-corrected chi connectivity index (χ2v) is 7.24. The molecule has 0 saturated carbocycles. The first-order valence-electron chi connectivity index (χ1n) is 8.84. The van der Waals surface area contributed by atoms with Gasteiger partial charge in [-0.1, -0.05) is 19.9 Å². The lowest BCUT2D eigenvalue weighted by atomic mass is 10.1. The highest BCUT2D eigenvalue weighted by molar-refractivity contribution is 5.91. The summed E-state index contributed by atoms with van der Waals surface area (Å²) in [4.78, 5) is 7.07. The molecule has 0 fully saturated rings. The Labute approximate surface area is 170 Å². The molecule has 0 bridgehead atoms. The fraction of sp³-hybridized carbons (Fsp3) is 0.550. The average Bonchev–Trinajstić information content (AvgIpc) is 2.53. The summed E-state index contributed by atoms with van der Waals surface area (Å²) >= 11 is 0. The molecule has 1 unspecified atom stereocenters. The van der Waals surface area contributed by atoms with Crippen molar-refractivity contribution >= 4 is 41.4 Å². The maximum Gasteiger partial charge on any atom is 0.121 e. The molecule has 1 aromatic carbocycles. The van der Waals surface area contributed by atoms with E-state index in [1.807, 2.05) is 24.4 Å². The van der Waals surface area contributed by atoms with E-state index in [1.165, 1.54) is 0 Å². The standard InChI is InChI=1S/C20H31N3O.2ClH/c1-14(2)12-23(15(3)4)13-16(5)22-19-11-18(24-6)10-17-8-7-9-21-20(17)19;;/h7-11,14-16,22H,12-13H2,1-6H3;2*1H. The number of fused-ring (bicyclic) bond motifs is 1. The van der Waals surface area contributed by atoms with E-state index in [4.69, 9.17) is 4.74 Å². The number of nitrogens with one attached hydrogen (secondary N) is 1. The Balaban J connectivity index is 0.00000312. The number of anilines is 1. The Morgan fingerprint density at radius 3 is 2.35 bits per heavy atom. The largest absolute Gasteiger partial charge is 0.497 e. The van der Waals surface area contributed by atoms with Gasteiger partial charge in [-0.25, -0.2) is 0 Å². The van der Waals surface area contributed by atoms with Crippen molar-refractivity contribution < 1.29 is 4.74 Å². The maximum absolute atomic E-state index is 5.44. The molecule has 1 atom stereocenters. The van der Waals surface area contributed by atoms with Gasteiger partial charge in [-0.2, -0.15) is 0 Å². The molecule has 0 aliphatic carbocycles. The summed E-state index contributed by atoms with van der Waals surface area (Å²) in [6, 6.07) is 8.95. The number of rotatable bonds is 8. The zero-order chi connectivity index (χ0) is 17.7. The Hall–Kier alpha value is -1.23. The minimum Gasteiger partial charge on any atom is -0.497 e. The van der Waals surface area contributed by atoms with Crippen LogP contribution in [0.2, 0.25) is 0 Å². The lowest BCUT2D eigenvalue weighted by molar-refractivity contribution is 0.192. The van der Waals surface area contributed by atoms with E-state index < -0.39 is 0 Å². The third-order valence-electron chi connectivity index (χ3n) is 4.15. The van der Waals surface area contributed by atoms with E-state index in [-0.39, 0.29) is 24.8 Å². The number of pyridine rings is 1. The Morgan fingerprint density at radius 1 is 1.08 bits per heavy atom. The van der Waals surface area contributed by atoms with E-state index in [2.05, 4.69) is 55.9 Å². The van der Waals surface area contributed by atoms with Crippen molar-refractivity contribution in [3.05, 3.63) is 30.5 Å². The average molecular weight is 402 g/mol. The number of ether oxygens (including phenoxy) is 1. The summed E-state index contributed by atoms with van der Waals surface area (Å²) in [7, 11) is 1.70. The highest BCUT2D eigenvalue weighted by atomic mass is 35.5. The zero-order valence-corrected chi connectivity index (χ0v) is 18.3. The van der Waals surface area contributed by atoms with Gasteiger partial charge in [0.2, 0.25) is 0 Å². The number of halogens is 2. The third-order valence-corrected chi connectivity index (χ3v) is 4.15. The van der Waals surface area contributed by atoms with E-state index >= 15 is 0 Å². The fourth-order valence-corrected chi connectivity index (χ4v) is 3.02. The Kier molecular flexibility index (Phi) is 10.9. The fourth-order valence-electron chi connectivity index (χ4n) is 3.02. The highest BCUT2D eigenvalue weighted by Gasteiger charge is 2.16. The van der Waals surface area contributed by atoms with Crippen LogP contribution in [0.5, 0.6) is 5.75 Å². The number of hydrogen-bond acceptors (Lipinski definition) is 4. The first kappa shape index (κ1) is 24.8.